The average molecular weight is 346 g/mol. The lowest BCUT2D eigenvalue weighted by Crippen LogP contribution is -2.15. The highest BCUT2D eigenvalue weighted by Gasteiger charge is 2.10. The summed E-state index contributed by atoms with van der Waals surface area (Å²) >= 11 is 0. The average Bonchev–Trinajstić information content (AvgIpc) is 3.19. The van der Waals surface area contributed by atoms with E-state index in [0.29, 0.717) is 23.8 Å². The van der Waals surface area contributed by atoms with Crippen LogP contribution in [-0.4, -0.2) is 27.8 Å². The molecule has 0 saturated carbocycles. The minimum Gasteiger partial charge on any atom is -0.448 e. The summed E-state index contributed by atoms with van der Waals surface area (Å²) < 4.78 is 27.9. The van der Waals surface area contributed by atoms with Crippen molar-refractivity contribution >= 4 is 11.7 Å². The van der Waals surface area contributed by atoms with Gasteiger partial charge < -0.3 is 14.6 Å². The molecule has 0 spiro atoms. The molecule has 0 bridgehead atoms. The van der Waals surface area contributed by atoms with Gasteiger partial charge in [-0.1, -0.05) is 22.4 Å². The number of aryl methyl sites for hydroxylation is 1. The van der Waals surface area contributed by atoms with Crippen LogP contribution in [-0.2, 0) is 11.2 Å². The van der Waals surface area contributed by atoms with Crippen molar-refractivity contribution in [1.29, 1.82) is 0 Å². The van der Waals surface area contributed by atoms with Crippen LogP contribution in [0.25, 0.3) is 0 Å². The number of carbonyl (C=O) groups excluding carboxylic acids is 1. The highest BCUT2D eigenvalue weighted by molar-refractivity contribution is 5.89. The number of hydrogen-bond donors (Lipinski definition) is 1. The van der Waals surface area contributed by atoms with E-state index in [1.165, 1.54) is 12.1 Å². The lowest BCUT2D eigenvalue weighted by Gasteiger charge is -2.01. The molecule has 0 aliphatic carbocycles. The van der Waals surface area contributed by atoms with Crippen LogP contribution in [0.3, 0.4) is 0 Å². The van der Waals surface area contributed by atoms with Crippen LogP contribution in [0.4, 0.5) is 10.2 Å². The Balaban J connectivity index is 1.43. The van der Waals surface area contributed by atoms with Crippen molar-refractivity contribution in [3.05, 3.63) is 53.3 Å². The van der Waals surface area contributed by atoms with Gasteiger partial charge in [-0.2, -0.15) is 4.98 Å². The zero-order valence-corrected chi connectivity index (χ0v) is 13.4. The fourth-order valence-corrected chi connectivity index (χ4v) is 2.01. The summed E-state index contributed by atoms with van der Waals surface area (Å²) in [6, 6.07) is 7.62. The van der Waals surface area contributed by atoms with Crippen LogP contribution >= 0.6 is 0 Å². The Morgan fingerprint density at radius 1 is 1.24 bits per heavy atom. The largest absolute Gasteiger partial charge is 0.448 e. The maximum atomic E-state index is 12.9. The molecule has 1 amide bonds. The molecule has 25 heavy (non-hydrogen) atoms. The number of aromatic nitrogens is 3. The topological polar surface area (TPSA) is 103 Å². The maximum Gasteiger partial charge on any atom is 0.417 e. The van der Waals surface area contributed by atoms with Gasteiger partial charge in [-0.25, -0.2) is 4.39 Å². The lowest BCUT2D eigenvalue weighted by atomic mass is 10.1. The van der Waals surface area contributed by atoms with Crippen LogP contribution in [0.15, 0.2) is 39.4 Å². The number of nitrogens with one attached hydrogen (secondary N) is 1. The molecule has 9 heteroatoms. The smallest absolute Gasteiger partial charge is 0.417 e. The molecule has 0 unspecified atom stereocenters. The van der Waals surface area contributed by atoms with Gasteiger partial charge in [-0.05, 0) is 24.6 Å². The van der Waals surface area contributed by atoms with E-state index < -0.39 is 0 Å². The quantitative estimate of drug-likeness (QED) is 0.701. The monoisotopic (exact) mass is 346 g/mol. The molecule has 130 valence electrons. The van der Waals surface area contributed by atoms with E-state index in [-0.39, 0.29) is 30.8 Å². The van der Waals surface area contributed by atoms with E-state index in [9.17, 15) is 9.18 Å². The Morgan fingerprint density at radius 3 is 2.76 bits per heavy atom. The molecule has 3 aromatic rings. The molecule has 0 saturated heterocycles. The summed E-state index contributed by atoms with van der Waals surface area (Å²) in [6.45, 7) is 1.80. The van der Waals surface area contributed by atoms with E-state index in [1.54, 1.807) is 25.1 Å². The Bertz CT molecular complexity index is 844. The van der Waals surface area contributed by atoms with Crippen molar-refractivity contribution in [3.8, 4) is 6.08 Å². The molecule has 0 aliphatic heterocycles. The second-order valence-electron chi connectivity index (χ2n) is 5.25. The zero-order valence-electron chi connectivity index (χ0n) is 13.4. The second kappa shape index (κ2) is 7.56. The number of halogens is 1. The van der Waals surface area contributed by atoms with Crippen LogP contribution < -0.4 is 10.1 Å². The number of ether oxygens (including phenoxy) is 1. The van der Waals surface area contributed by atoms with Gasteiger partial charge in [0.2, 0.25) is 5.91 Å². The SMILES string of the molecule is Cc1cc(NC(=O)CCOc2nc(Cc3ccc(F)cc3)no2)no1. The van der Waals surface area contributed by atoms with Crippen LogP contribution in [0.5, 0.6) is 6.08 Å². The molecule has 0 aliphatic rings. The highest BCUT2D eigenvalue weighted by atomic mass is 19.1. The maximum absolute atomic E-state index is 12.9. The number of benzene rings is 1. The Kier molecular flexibility index (Phi) is 5.03. The van der Waals surface area contributed by atoms with Gasteiger partial charge in [0.15, 0.2) is 11.6 Å². The number of hydrogen-bond acceptors (Lipinski definition) is 7. The predicted molar refractivity (Wildman–Crippen MR) is 83.5 cm³/mol. The second-order valence-corrected chi connectivity index (χ2v) is 5.25. The molecule has 0 atom stereocenters. The van der Waals surface area contributed by atoms with Gasteiger partial charge in [0.25, 0.3) is 0 Å². The van der Waals surface area contributed by atoms with Gasteiger partial charge in [-0.3, -0.25) is 9.32 Å². The molecule has 1 N–H and O–H groups in total. The summed E-state index contributed by atoms with van der Waals surface area (Å²) in [6.07, 6.45) is 0.447. The molecule has 0 radical (unpaired) electrons. The van der Waals surface area contributed by atoms with Crippen molar-refractivity contribution in [2.75, 3.05) is 11.9 Å². The molecule has 2 heterocycles. The van der Waals surface area contributed by atoms with Gasteiger partial charge in [-0.15, -0.1) is 0 Å². The standard InChI is InChI=1S/C16H15FN4O4/c1-10-8-13(20-24-10)18-15(22)6-7-23-16-19-14(21-25-16)9-11-2-4-12(17)5-3-11/h2-5,8H,6-7,9H2,1H3,(H,18,20,22). The summed E-state index contributed by atoms with van der Waals surface area (Å²) in [4.78, 5) is 15.8. The summed E-state index contributed by atoms with van der Waals surface area (Å²) in [5.41, 5.74) is 0.844. The third-order valence-electron chi connectivity index (χ3n) is 3.18. The Morgan fingerprint density at radius 2 is 2.04 bits per heavy atom. The fraction of sp³-hybridized carbons (Fsp3) is 0.250. The number of anilines is 1. The first-order valence-corrected chi connectivity index (χ1v) is 7.51. The van der Waals surface area contributed by atoms with Crippen LogP contribution in [0, 0.1) is 12.7 Å². The lowest BCUT2D eigenvalue weighted by molar-refractivity contribution is -0.116. The van der Waals surface area contributed by atoms with Crippen molar-refractivity contribution < 1.29 is 23.0 Å². The van der Waals surface area contributed by atoms with E-state index in [0.717, 1.165) is 5.56 Å². The predicted octanol–water partition coefficient (Wildman–Crippen LogP) is 2.50. The third-order valence-corrected chi connectivity index (χ3v) is 3.18. The van der Waals surface area contributed by atoms with E-state index >= 15 is 0 Å². The van der Waals surface area contributed by atoms with Gasteiger partial charge in [0.1, 0.15) is 18.2 Å². The number of carbonyl (C=O) groups is 1. The molecular weight excluding hydrogens is 331 g/mol. The Labute approximate surface area is 142 Å². The van der Waals surface area contributed by atoms with E-state index in [1.807, 2.05) is 0 Å². The first kappa shape index (κ1) is 16.6. The van der Waals surface area contributed by atoms with E-state index in [4.69, 9.17) is 13.8 Å². The number of amides is 1. The van der Waals surface area contributed by atoms with Gasteiger partial charge >= 0.3 is 6.08 Å². The van der Waals surface area contributed by atoms with Gasteiger partial charge in [0, 0.05) is 12.5 Å². The molecular formula is C16H15FN4O4. The highest BCUT2D eigenvalue weighted by Crippen LogP contribution is 2.12. The van der Waals surface area contributed by atoms with Crippen LogP contribution in [0.1, 0.15) is 23.6 Å². The van der Waals surface area contributed by atoms with Crippen molar-refractivity contribution in [3.63, 3.8) is 0 Å². The minimum atomic E-state index is -0.306. The first-order chi connectivity index (χ1) is 12.1. The van der Waals surface area contributed by atoms with Crippen LogP contribution in [0.2, 0.25) is 0 Å². The molecule has 1 aromatic carbocycles. The minimum absolute atomic E-state index is 0.0257. The van der Waals surface area contributed by atoms with Crippen molar-refractivity contribution in [1.82, 2.24) is 15.3 Å². The fourth-order valence-electron chi connectivity index (χ4n) is 2.01. The number of rotatable bonds is 7. The molecule has 8 nitrogen and oxygen atoms in total. The van der Waals surface area contributed by atoms with Crippen molar-refractivity contribution in [2.24, 2.45) is 0 Å². The molecule has 3 rings (SSSR count). The summed E-state index contributed by atoms with van der Waals surface area (Å²) in [5.74, 6) is 0.774. The molecule has 0 fully saturated rings. The molecule has 2 aromatic heterocycles. The van der Waals surface area contributed by atoms with E-state index in [2.05, 4.69) is 20.6 Å². The van der Waals surface area contributed by atoms with Crippen molar-refractivity contribution in [2.45, 2.75) is 19.8 Å². The summed E-state index contributed by atoms with van der Waals surface area (Å²) in [5, 5.41) is 10.0. The third kappa shape index (κ3) is 4.87. The summed E-state index contributed by atoms with van der Waals surface area (Å²) in [7, 11) is 0. The normalized spacial score (nSPS) is 10.6. The number of nitrogens with zero attached hydrogens (tertiary/aromatic N) is 3. The van der Waals surface area contributed by atoms with Gasteiger partial charge in [0.05, 0.1) is 6.42 Å². The first-order valence-electron chi connectivity index (χ1n) is 7.51. The zero-order chi connectivity index (χ0) is 17.6. The Hall–Kier alpha value is -3.23.